The third-order valence-electron chi connectivity index (χ3n) is 2.66. The maximum Gasteiger partial charge on any atom is 0.0372 e. The molecular weight excluding hydrogens is 182 g/mol. The molecule has 15 heavy (non-hydrogen) atoms. The molecule has 1 rings (SSSR count). The Morgan fingerprint density at radius 3 is 2.47 bits per heavy atom. The zero-order valence-electron chi connectivity index (χ0n) is 10.1. The Balaban J connectivity index is 2.52. The molecule has 0 aliphatic carbocycles. The number of hydrogen-bond donors (Lipinski definition) is 1. The van der Waals surface area contributed by atoms with Crippen LogP contribution in [0.25, 0.3) is 0 Å². The fraction of sp³-hybridized carbons (Fsp3) is 0.571. The van der Waals surface area contributed by atoms with E-state index in [0.29, 0.717) is 0 Å². The Morgan fingerprint density at radius 1 is 1.00 bits per heavy atom. The quantitative estimate of drug-likeness (QED) is 0.656. The highest BCUT2D eigenvalue weighted by atomic mass is 14.9. The minimum Gasteiger partial charge on any atom is -0.385 e. The fourth-order valence-corrected chi connectivity index (χ4v) is 1.68. The van der Waals surface area contributed by atoms with Crippen LogP contribution in [0.5, 0.6) is 0 Å². The Hall–Kier alpha value is -0.980. The van der Waals surface area contributed by atoms with Crippen molar-refractivity contribution >= 4 is 5.69 Å². The van der Waals surface area contributed by atoms with E-state index in [1.807, 2.05) is 0 Å². The summed E-state index contributed by atoms with van der Waals surface area (Å²) in [7, 11) is 0. The molecular formula is C14H23N. The highest BCUT2D eigenvalue weighted by molar-refractivity contribution is 5.51. The molecule has 1 heteroatoms. The standard InChI is InChI=1S/C14H23N/c1-3-5-9-13-10-7-8-11-14(13)15-12-6-4-2/h7-8,10-11,15H,3-6,9,12H2,1-2H3. The molecule has 0 bridgehead atoms. The van der Waals surface area contributed by atoms with Gasteiger partial charge in [-0.2, -0.15) is 0 Å². The predicted molar refractivity (Wildman–Crippen MR) is 68.5 cm³/mol. The van der Waals surface area contributed by atoms with Crippen molar-refractivity contribution in [2.24, 2.45) is 0 Å². The molecule has 0 unspecified atom stereocenters. The first kappa shape index (κ1) is 12.1. The maximum absolute atomic E-state index is 3.52. The lowest BCUT2D eigenvalue weighted by Gasteiger charge is -2.11. The lowest BCUT2D eigenvalue weighted by molar-refractivity contribution is 0.791. The molecule has 0 spiro atoms. The van der Waals surface area contributed by atoms with Gasteiger partial charge in [-0.15, -0.1) is 0 Å². The van der Waals surface area contributed by atoms with Crippen molar-refractivity contribution in [3.63, 3.8) is 0 Å². The second-order valence-corrected chi connectivity index (χ2v) is 4.04. The number of hydrogen-bond acceptors (Lipinski definition) is 1. The zero-order chi connectivity index (χ0) is 10.9. The van der Waals surface area contributed by atoms with Crippen LogP contribution in [-0.4, -0.2) is 6.54 Å². The highest BCUT2D eigenvalue weighted by Crippen LogP contribution is 2.17. The van der Waals surface area contributed by atoms with Crippen LogP contribution in [0.2, 0.25) is 0 Å². The average Bonchev–Trinajstić information content (AvgIpc) is 2.28. The normalized spacial score (nSPS) is 10.3. The zero-order valence-corrected chi connectivity index (χ0v) is 10.1. The summed E-state index contributed by atoms with van der Waals surface area (Å²) in [5.41, 5.74) is 2.80. The van der Waals surface area contributed by atoms with Crippen molar-refractivity contribution in [3.8, 4) is 0 Å². The van der Waals surface area contributed by atoms with Crippen LogP contribution in [0.4, 0.5) is 5.69 Å². The molecule has 1 aromatic rings. The van der Waals surface area contributed by atoms with E-state index in [4.69, 9.17) is 0 Å². The average molecular weight is 205 g/mol. The Labute approximate surface area is 93.9 Å². The maximum atomic E-state index is 3.52. The minimum atomic E-state index is 1.10. The van der Waals surface area contributed by atoms with E-state index >= 15 is 0 Å². The lowest BCUT2D eigenvalue weighted by atomic mass is 10.1. The van der Waals surface area contributed by atoms with Gasteiger partial charge in [0.15, 0.2) is 0 Å². The monoisotopic (exact) mass is 205 g/mol. The van der Waals surface area contributed by atoms with Gasteiger partial charge in [0, 0.05) is 12.2 Å². The van der Waals surface area contributed by atoms with Crippen LogP contribution in [0.15, 0.2) is 24.3 Å². The number of para-hydroxylation sites is 1. The van der Waals surface area contributed by atoms with Gasteiger partial charge in [0.1, 0.15) is 0 Å². The smallest absolute Gasteiger partial charge is 0.0372 e. The summed E-state index contributed by atoms with van der Waals surface area (Å²) in [5.74, 6) is 0. The minimum absolute atomic E-state index is 1.10. The van der Waals surface area contributed by atoms with Gasteiger partial charge in [0.25, 0.3) is 0 Å². The molecule has 0 saturated carbocycles. The van der Waals surface area contributed by atoms with Gasteiger partial charge in [0.2, 0.25) is 0 Å². The van der Waals surface area contributed by atoms with Crippen LogP contribution < -0.4 is 5.32 Å². The van der Waals surface area contributed by atoms with Crippen LogP contribution in [0, 0.1) is 0 Å². The Kier molecular flexibility index (Phi) is 5.91. The molecule has 84 valence electrons. The Morgan fingerprint density at radius 2 is 1.73 bits per heavy atom. The molecule has 0 atom stereocenters. The summed E-state index contributed by atoms with van der Waals surface area (Å²) in [4.78, 5) is 0. The van der Waals surface area contributed by atoms with E-state index in [1.165, 1.54) is 43.4 Å². The van der Waals surface area contributed by atoms with Gasteiger partial charge in [-0.25, -0.2) is 0 Å². The van der Waals surface area contributed by atoms with E-state index < -0.39 is 0 Å². The molecule has 0 aliphatic rings. The van der Waals surface area contributed by atoms with Gasteiger partial charge < -0.3 is 5.32 Å². The number of aryl methyl sites for hydroxylation is 1. The van der Waals surface area contributed by atoms with Gasteiger partial charge in [-0.1, -0.05) is 44.9 Å². The summed E-state index contributed by atoms with van der Waals surface area (Å²) in [6.07, 6.45) is 6.26. The SMILES string of the molecule is CCCCNc1ccccc1CCCC. The van der Waals surface area contributed by atoms with Crippen molar-refractivity contribution in [1.82, 2.24) is 0 Å². The summed E-state index contributed by atoms with van der Waals surface area (Å²) in [6, 6.07) is 8.68. The van der Waals surface area contributed by atoms with Crippen molar-refractivity contribution in [1.29, 1.82) is 0 Å². The van der Waals surface area contributed by atoms with E-state index in [2.05, 4.69) is 43.4 Å². The number of nitrogens with one attached hydrogen (secondary N) is 1. The number of rotatable bonds is 7. The van der Waals surface area contributed by atoms with Gasteiger partial charge in [-0.05, 0) is 30.9 Å². The second-order valence-electron chi connectivity index (χ2n) is 4.04. The number of unbranched alkanes of at least 4 members (excludes halogenated alkanes) is 2. The molecule has 0 aliphatic heterocycles. The summed E-state index contributed by atoms with van der Waals surface area (Å²) >= 11 is 0. The number of anilines is 1. The predicted octanol–water partition coefficient (Wildman–Crippen LogP) is 4.24. The largest absolute Gasteiger partial charge is 0.385 e. The molecule has 0 radical (unpaired) electrons. The van der Waals surface area contributed by atoms with Crippen LogP contribution >= 0.6 is 0 Å². The Bertz CT molecular complexity index is 268. The van der Waals surface area contributed by atoms with Crippen LogP contribution in [-0.2, 0) is 6.42 Å². The fourth-order valence-electron chi connectivity index (χ4n) is 1.68. The van der Waals surface area contributed by atoms with E-state index in [9.17, 15) is 0 Å². The molecule has 0 aromatic heterocycles. The van der Waals surface area contributed by atoms with Gasteiger partial charge in [-0.3, -0.25) is 0 Å². The molecule has 1 nitrogen and oxygen atoms in total. The molecule has 1 aromatic carbocycles. The summed E-state index contributed by atoms with van der Waals surface area (Å²) in [6.45, 7) is 5.57. The van der Waals surface area contributed by atoms with Crippen molar-refractivity contribution in [2.45, 2.75) is 46.0 Å². The lowest BCUT2D eigenvalue weighted by Crippen LogP contribution is -2.03. The summed E-state index contributed by atoms with van der Waals surface area (Å²) in [5, 5.41) is 3.52. The van der Waals surface area contributed by atoms with E-state index in [0.717, 1.165) is 6.54 Å². The van der Waals surface area contributed by atoms with Crippen LogP contribution in [0.1, 0.15) is 45.1 Å². The first-order valence-corrected chi connectivity index (χ1v) is 6.20. The topological polar surface area (TPSA) is 12.0 Å². The third-order valence-corrected chi connectivity index (χ3v) is 2.66. The van der Waals surface area contributed by atoms with Crippen molar-refractivity contribution in [2.75, 3.05) is 11.9 Å². The van der Waals surface area contributed by atoms with Gasteiger partial charge in [0.05, 0.1) is 0 Å². The van der Waals surface area contributed by atoms with E-state index in [1.54, 1.807) is 0 Å². The highest BCUT2D eigenvalue weighted by Gasteiger charge is 1.99. The molecule has 0 saturated heterocycles. The van der Waals surface area contributed by atoms with Crippen LogP contribution in [0.3, 0.4) is 0 Å². The van der Waals surface area contributed by atoms with Crippen molar-refractivity contribution < 1.29 is 0 Å². The van der Waals surface area contributed by atoms with Gasteiger partial charge >= 0.3 is 0 Å². The molecule has 0 heterocycles. The van der Waals surface area contributed by atoms with Crippen molar-refractivity contribution in [3.05, 3.63) is 29.8 Å². The molecule has 0 fully saturated rings. The summed E-state index contributed by atoms with van der Waals surface area (Å²) < 4.78 is 0. The second kappa shape index (κ2) is 7.33. The first-order chi connectivity index (χ1) is 7.38. The molecule has 0 amide bonds. The first-order valence-electron chi connectivity index (χ1n) is 6.20. The molecule has 1 N–H and O–H groups in total. The van der Waals surface area contributed by atoms with E-state index in [-0.39, 0.29) is 0 Å². The third kappa shape index (κ3) is 4.37. The number of benzene rings is 1.